The molecule has 0 unspecified atom stereocenters. The molecule has 1 aromatic rings. The summed E-state index contributed by atoms with van der Waals surface area (Å²) in [5.41, 5.74) is 6.83. The van der Waals surface area contributed by atoms with E-state index < -0.39 is 0 Å². The minimum atomic E-state index is -0.128. The van der Waals surface area contributed by atoms with Crippen molar-refractivity contribution in [2.45, 2.75) is 45.6 Å². The van der Waals surface area contributed by atoms with Crippen molar-refractivity contribution in [3.8, 4) is 5.75 Å². The van der Waals surface area contributed by atoms with Gasteiger partial charge < -0.3 is 20.5 Å². The Morgan fingerprint density at radius 2 is 2.10 bits per heavy atom. The molecule has 0 radical (unpaired) electrons. The van der Waals surface area contributed by atoms with Crippen LogP contribution in [0, 0.1) is 0 Å². The van der Waals surface area contributed by atoms with Gasteiger partial charge in [-0.2, -0.15) is 0 Å². The van der Waals surface area contributed by atoms with Gasteiger partial charge in [0.25, 0.3) is 0 Å². The molecular formula is C16H26N2O3. The molecule has 21 heavy (non-hydrogen) atoms. The second-order valence-corrected chi connectivity index (χ2v) is 5.57. The molecule has 0 bridgehead atoms. The van der Waals surface area contributed by atoms with E-state index in [0.29, 0.717) is 36.6 Å². The molecule has 0 saturated heterocycles. The van der Waals surface area contributed by atoms with Crippen LogP contribution in [0.25, 0.3) is 0 Å². The molecule has 0 aliphatic heterocycles. The quantitative estimate of drug-likeness (QED) is 0.570. The lowest BCUT2D eigenvalue weighted by atomic mass is 10.1. The van der Waals surface area contributed by atoms with E-state index in [1.54, 1.807) is 25.3 Å². The zero-order valence-electron chi connectivity index (χ0n) is 13.4. The molecule has 3 N–H and O–H groups in total. The van der Waals surface area contributed by atoms with E-state index in [1.165, 1.54) is 0 Å². The van der Waals surface area contributed by atoms with Crippen molar-refractivity contribution < 1.29 is 14.3 Å². The summed E-state index contributed by atoms with van der Waals surface area (Å²) in [5.74, 6) is 0.602. The van der Waals surface area contributed by atoms with Gasteiger partial charge in [0.05, 0.1) is 24.1 Å². The van der Waals surface area contributed by atoms with E-state index in [1.807, 2.05) is 13.8 Å². The van der Waals surface area contributed by atoms with E-state index in [4.69, 9.17) is 15.2 Å². The van der Waals surface area contributed by atoms with Gasteiger partial charge in [0, 0.05) is 19.1 Å². The maximum atomic E-state index is 11.9. The number of carbonyl (C=O) groups is 1. The molecule has 1 rings (SSSR count). The van der Waals surface area contributed by atoms with Crippen molar-refractivity contribution in [2.75, 3.05) is 24.8 Å². The third-order valence-corrected chi connectivity index (χ3v) is 3.43. The molecule has 0 spiro atoms. The Bertz CT molecular complexity index is 473. The second kappa shape index (κ2) is 7.88. The highest BCUT2D eigenvalue weighted by atomic mass is 16.5. The van der Waals surface area contributed by atoms with Gasteiger partial charge in [-0.05, 0) is 38.8 Å². The number of nitrogens with one attached hydrogen (secondary N) is 1. The molecule has 0 fully saturated rings. The third-order valence-electron chi connectivity index (χ3n) is 3.43. The van der Waals surface area contributed by atoms with Crippen LogP contribution in [0.2, 0.25) is 0 Å². The fraction of sp³-hybridized carbons (Fsp3) is 0.562. The molecule has 5 nitrogen and oxygen atoms in total. The highest BCUT2D eigenvalue weighted by Crippen LogP contribution is 2.24. The summed E-state index contributed by atoms with van der Waals surface area (Å²) in [6.45, 7) is 6.75. The van der Waals surface area contributed by atoms with Crippen LogP contribution in [0.5, 0.6) is 5.75 Å². The summed E-state index contributed by atoms with van der Waals surface area (Å²) < 4.78 is 10.8. The largest absolute Gasteiger partial charge is 0.497 e. The molecule has 5 heteroatoms. The van der Waals surface area contributed by atoms with Crippen molar-refractivity contribution in [1.29, 1.82) is 0 Å². The van der Waals surface area contributed by atoms with Crippen LogP contribution < -0.4 is 15.8 Å². The number of anilines is 2. The highest BCUT2D eigenvalue weighted by molar-refractivity contribution is 5.93. The number of nitrogen functional groups attached to an aromatic ring is 1. The topological polar surface area (TPSA) is 73.6 Å². The average Bonchev–Trinajstić information content (AvgIpc) is 2.46. The first-order valence-electron chi connectivity index (χ1n) is 7.25. The Balaban J connectivity index is 2.37. The number of carbonyl (C=O) groups excluding carboxylic acids is 1. The van der Waals surface area contributed by atoms with E-state index in [-0.39, 0.29) is 11.5 Å². The van der Waals surface area contributed by atoms with Gasteiger partial charge in [-0.1, -0.05) is 6.92 Å². The molecule has 0 aliphatic rings. The highest BCUT2D eigenvalue weighted by Gasteiger charge is 2.15. The summed E-state index contributed by atoms with van der Waals surface area (Å²) in [6, 6.07) is 5.18. The first-order chi connectivity index (χ1) is 9.88. The lowest BCUT2D eigenvalue weighted by Gasteiger charge is -2.23. The van der Waals surface area contributed by atoms with E-state index in [9.17, 15) is 4.79 Å². The van der Waals surface area contributed by atoms with Crippen molar-refractivity contribution in [2.24, 2.45) is 0 Å². The summed E-state index contributed by atoms with van der Waals surface area (Å²) in [4.78, 5) is 11.9. The Kier molecular flexibility index (Phi) is 6.49. The minimum Gasteiger partial charge on any atom is -0.497 e. The minimum absolute atomic E-state index is 0.0650. The SMILES string of the molecule is CCC(C)(C)OCCCC(=O)Nc1ccc(OC)cc1N. The number of amides is 1. The second-order valence-electron chi connectivity index (χ2n) is 5.57. The summed E-state index contributed by atoms with van der Waals surface area (Å²) >= 11 is 0. The first kappa shape index (κ1) is 17.3. The summed E-state index contributed by atoms with van der Waals surface area (Å²) in [7, 11) is 1.57. The average molecular weight is 294 g/mol. The Morgan fingerprint density at radius 3 is 2.67 bits per heavy atom. The maximum Gasteiger partial charge on any atom is 0.224 e. The molecule has 0 aliphatic carbocycles. The predicted molar refractivity (Wildman–Crippen MR) is 85.6 cm³/mol. The molecular weight excluding hydrogens is 268 g/mol. The summed E-state index contributed by atoms with van der Waals surface area (Å²) in [6.07, 6.45) is 2.04. The molecule has 0 heterocycles. The Labute approximate surface area is 126 Å². The normalized spacial score (nSPS) is 11.2. The lowest BCUT2D eigenvalue weighted by molar-refractivity contribution is -0.117. The van der Waals surface area contributed by atoms with Crippen LogP contribution >= 0.6 is 0 Å². The van der Waals surface area contributed by atoms with Crippen LogP contribution in [0.1, 0.15) is 40.0 Å². The van der Waals surface area contributed by atoms with Crippen molar-refractivity contribution in [3.63, 3.8) is 0 Å². The number of rotatable bonds is 8. The zero-order valence-corrected chi connectivity index (χ0v) is 13.4. The molecule has 1 amide bonds. The first-order valence-corrected chi connectivity index (χ1v) is 7.25. The molecule has 0 aromatic heterocycles. The fourth-order valence-corrected chi connectivity index (χ4v) is 1.68. The van der Waals surface area contributed by atoms with Crippen LogP contribution in [-0.2, 0) is 9.53 Å². The van der Waals surface area contributed by atoms with Gasteiger partial charge in [0.15, 0.2) is 0 Å². The van der Waals surface area contributed by atoms with Crippen LogP contribution in [0.3, 0.4) is 0 Å². The van der Waals surface area contributed by atoms with Gasteiger partial charge in [0.2, 0.25) is 5.91 Å². The van der Waals surface area contributed by atoms with Gasteiger partial charge in [-0.25, -0.2) is 0 Å². The molecule has 1 aromatic carbocycles. The van der Waals surface area contributed by atoms with Crippen molar-refractivity contribution >= 4 is 17.3 Å². The Morgan fingerprint density at radius 1 is 1.38 bits per heavy atom. The van der Waals surface area contributed by atoms with Gasteiger partial charge in [-0.15, -0.1) is 0 Å². The van der Waals surface area contributed by atoms with Gasteiger partial charge in [-0.3, -0.25) is 4.79 Å². The van der Waals surface area contributed by atoms with E-state index in [0.717, 1.165) is 6.42 Å². The number of hydrogen-bond acceptors (Lipinski definition) is 4. The van der Waals surface area contributed by atoms with Gasteiger partial charge in [0.1, 0.15) is 5.75 Å². The fourth-order valence-electron chi connectivity index (χ4n) is 1.68. The lowest BCUT2D eigenvalue weighted by Crippen LogP contribution is -2.24. The maximum absolute atomic E-state index is 11.9. The number of methoxy groups -OCH3 is 1. The van der Waals surface area contributed by atoms with E-state index in [2.05, 4.69) is 12.2 Å². The number of nitrogens with two attached hydrogens (primary N) is 1. The van der Waals surface area contributed by atoms with Crippen molar-refractivity contribution in [3.05, 3.63) is 18.2 Å². The molecule has 0 atom stereocenters. The number of hydrogen-bond donors (Lipinski definition) is 2. The third kappa shape index (κ3) is 6.04. The molecule has 0 saturated carbocycles. The smallest absolute Gasteiger partial charge is 0.224 e. The monoisotopic (exact) mass is 294 g/mol. The Hall–Kier alpha value is -1.75. The van der Waals surface area contributed by atoms with Crippen molar-refractivity contribution in [1.82, 2.24) is 0 Å². The van der Waals surface area contributed by atoms with Crippen LogP contribution in [0.15, 0.2) is 18.2 Å². The van der Waals surface area contributed by atoms with Crippen LogP contribution in [-0.4, -0.2) is 25.2 Å². The van der Waals surface area contributed by atoms with Crippen LogP contribution in [0.4, 0.5) is 11.4 Å². The zero-order chi connectivity index (χ0) is 15.9. The number of ether oxygens (including phenoxy) is 2. The number of benzene rings is 1. The van der Waals surface area contributed by atoms with Gasteiger partial charge >= 0.3 is 0 Å². The molecule has 118 valence electrons. The summed E-state index contributed by atoms with van der Waals surface area (Å²) in [5, 5.41) is 2.80. The van der Waals surface area contributed by atoms with E-state index >= 15 is 0 Å². The standard InChI is InChI=1S/C16H26N2O3/c1-5-16(2,3)21-10-6-7-15(19)18-14-9-8-12(20-4)11-13(14)17/h8-9,11H,5-7,10,17H2,1-4H3,(H,18,19). The predicted octanol–water partition coefficient (Wildman–Crippen LogP) is 3.20.